The largest absolute Gasteiger partial charge is 0.496 e. The van der Waals surface area contributed by atoms with Gasteiger partial charge in [-0.3, -0.25) is 0 Å². The molecule has 0 radical (unpaired) electrons. The van der Waals surface area contributed by atoms with Gasteiger partial charge >= 0.3 is 5.97 Å². The van der Waals surface area contributed by atoms with Crippen LogP contribution in [0.1, 0.15) is 11.1 Å². The molecule has 0 atom stereocenters. The zero-order valence-corrected chi connectivity index (χ0v) is 10.5. The molecule has 0 amide bonds. The predicted octanol–water partition coefficient (Wildman–Crippen LogP) is 3.32. The number of ether oxygens (including phenoxy) is 1. The average Bonchev–Trinajstić information content (AvgIpc) is 2.45. The van der Waals surface area contributed by atoms with Crippen LogP contribution in [0, 0.1) is 0 Å². The number of carboxylic acid groups (broad SMARTS) is 1. The lowest BCUT2D eigenvalue weighted by Gasteiger charge is -2.09. The third-order valence-electron chi connectivity index (χ3n) is 2.74. The van der Waals surface area contributed by atoms with Crippen LogP contribution >= 0.6 is 0 Å². The van der Waals surface area contributed by atoms with E-state index in [1.807, 2.05) is 36.4 Å². The van der Waals surface area contributed by atoms with Gasteiger partial charge in [0.25, 0.3) is 0 Å². The highest BCUT2D eigenvalue weighted by atomic mass is 16.5. The molecule has 2 aromatic rings. The summed E-state index contributed by atoms with van der Waals surface area (Å²) in [5, 5.41) is 9.38. The third kappa shape index (κ3) is 3.01. The van der Waals surface area contributed by atoms with E-state index in [-0.39, 0.29) is 5.57 Å². The van der Waals surface area contributed by atoms with Gasteiger partial charge in [-0.2, -0.15) is 0 Å². The molecule has 0 saturated carbocycles. The van der Waals surface area contributed by atoms with E-state index in [0.717, 1.165) is 5.56 Å². The molecule has 1 N–H and O–H groups in total. The number of rotatable bonds is 4. The molecule has 0 unspecified atom stereocenters. The second-order valence-electron chi connectivity index (χ2n) is 3.97. The molecule has 0 aliphatic heterocycles. The fraction of sp³-hybridized carbons (Fsp3) is 0.0625. The molecule has 0 aliphatic carbocycles. The number of hydrogen-bond acceptors (Lipinski definition) is 2. The van der Waals surface area contributed by atoms with Crippen molar-refractivity contribution in [1.82, 2.24) is 0 Å². The van der Waals surface area contributed by atoms with Crippen LogP contribution in [0.4, 0.5) is 0 Å². The molecule has 0 aliphatic rings. The van der Waals surface area contributed by atoms with E-state index in [1.165, 1.54) is 7.11 Å². The van der Waals surface area contributed by atoms with Crippen LogP contribution in [0.2, 0.25) is 0 Å². The molecule has 2 aromatic carbocycles. The molecule has 3 nitrogen and oxygen atoms in total. The van der Waals surface area contributed by atoms with Crippen molar-refractivity contribution in [1.29, 1.82) is 0 Å². The molecular formula is C16H14O3. The number of hydrogen-bond donors (Lipinski definition) is 1. The average molecular weight is 254 g/mol. The highest BCUT2D eigenvalue weighted by Crippen LogP contribution is 2.27. The Morgan fingerprint density at radius 1 is 1.05 bits per heavy atom. The molecule has 0 fully saturated rings. The maximum atomic E-state index is 11.4. The van der Waals surface area contributed by atoms with E-state index in [1.54, 1.807) is 24.3 Å². The van der Waals surface area contributed by atoms with Crippen LogP contribution in [-0.2, 0) is 4.79 Å². The van der Waals surface area contributed by atoms with E-state index < -0.39 is 5.97 Å². The topological polar surface area (TPSA) is 46.5 Å². The smallest absolute Gasteiger partial charge is 0.336 e. The highest BCUT2D eigenvalue weighted by Gasteiger charge is 2.14. The van der Waals surface area contributed by atoms with E-state index in [0.29, 0.717) is 11.3 Å². The maximum absolute atomic E-state index is 11.4. The molecule has 96 valence electrons. The molecule has 0 bridgehead atoms. The number of carboxylic acids is 1. The first-order chi connectivity index (χ1) is 9.22. The van der Waals surface area contributed by atoms with Gasteiger partial charge in [0.1, 0.15) is 5.75 Å². The van der Waals surface area contributed by atoms with Crippen molar-refractivity contribution in [3.05, 3.63) is 65.7 Å². The summed E-state index contributed by atoms with van der Waals surface area (Å²) >= 11 is 0. The van der Waals surface area contributed by atoms with E-state index >= 15 is 0 Å². The summed E-state index contributed by atoms with van der Waals surface area (Å²) in [5.41, 5.74) is 1.62. The van der Waals surface area contributed by atoms with E-state index in [9.17, 15) is 9.90 Å². The Bertz CT molecular complexity index is 600. The van der Waals surface area contributed by atoms with Crippen molar-refractivity contribution in [3.63, 3.8) is 0 Å². The van der Waals surface area contributed by atoms with Gasteiger partial charge in [0, 0.05) is 5.56 Å². The first-order valence-corrected chi connectivity index (χ1v) is 5.86. The van der Waals surface area contributed by atoms with Crippen LogP contribution in [0.3, 0.4) is 0 Å². The first-order valence-electron chi connectivity index (χ1n) is 5.86. The van der Waals surface area contributed by atoms with Gasteiger partial charge < -0.3 is 9.84 Å². The maximum Gasteiger partial charge on any atom is 0.336 e. The Labute approximate surface area is 111 Å². The Hall–Kier alpha value is -2.55. The Morgan fingerprint density at radius 3 is 2.32 bits per heavy atom. The SMILES string of the molecule is COc1ccccc1C(=Cc1ccccc1)C(=O)O. The quantitative estimate of drug-likeness (QED) is 0.672. The zero-order valence-electron chi connectivity index (χ0n) is 10.5. The van der Waals surface area contributed by atoms with Crippen LogP contribution in [-0.4, -0.2) is 18.2 Å². The van der Waals surface area contributed by atoms with Crippen LogP contribution in [0.15, 0.2) is 54.6 Å². The van der Waals surface area contributed by atoms with Gasteiger partial charge in [-0.15, -0.1) is 0 Å². The van der Waals surface area contributed by atoms with E-state index in [2.05, 4.69) is 0 Å². The van der Waals surface area contributed by atoms with Crippen LogP contribution in [0.25, 0.3) is 11.6 Å². The van der Waals surface area contributed by atoms with Crippen LogP contribution < -0.4 is 4.74 Å². The molecule has 0 heterocycles. The van der Waals surface area contributed by atoms with Crippen molar-refractivity contribution < 1.29 is 14.6 Å². The minimum Gasteiger partial charge on any atom is -0.496 e. The molecule has 3 heteroatoms. The van der Waals surface area contributed by atoms with Crippen molar-refractivity contribution in [3.8, 4) is 5.75 Å². The number of carbonyl (C=O) groups is 1. The van der Waals surface area contributed by atoms with E-state index in [4.69, 9.17) is 4.74 Å². The summed E-state index contributed by atoms with van der Waals surface area (Å²) in [6, 6.07) is 16.4. The number of para-hydroxylation sites is 1. The van der Waals surface area contributed by atoms with Crippen molar-refractivity contribution in [2.75, 3.05) is 7.11 Å². The van der Waals surface area contributed by atoms with Gasteiger partial charge in [0.05, 0.1) is 12.7 Å². The lowest BCUT2D eigenvalue weighted by atomic mass is 10.0. The lowest BCUT2D eigenvalue weighted by Crippen LogP contribution is -2.01. The standard InChI is InChI=1S/C16H14O3/c1-19-15-10-6-5-9-13(15)14(16(17)18)11-12-7-3-2-4-8-12/h2-11H,1H3,(H,17,18). The van der Waals surface area contributed by atoms with Crippen molar-refractivity contribution in [2.45, 2.75) is 0 Å². The molecule has 19 heavy (non-hydrogen) atoms. The normalized spacial score (nSPS) is 11.1. The molecule has 0 spiro atoms. The first kappa shape index (κ1) is 12.9. The van der Waals surface area contributed by atoms with Crippen LogP contribution in [0.5, 0.6) is 5.75 Å². The Morgan fingerprint density at radius 2 is 1.68 bits per heavy atom. The molecular weight excluding hydrogens is 240 g/mol. The number of methoxy groups -OCH3 is 1. The zero-order chi connectivity index (χ0) is 13.7. The van der Waals surface area contributed by atoms with Gasteiger partial charge in [0.15, 0.2) is 0 Å². The van der Waals surface area contributed by atoms with Gasteiger partial charge in [-0.1, -0.05) is 48.5 Å². The minimum atomic E-state index is -0.978. The fourth-order valence-electron chi connectivity index (χ4n) is 1.84. The van der Waals surface area contributed by atoms with Gasteiger partial charge in [-0.25, -0.2) is 4.79 Å². The van der Waals surface area contributed by atoms with Crippen molar-refractivity contribution in [2.24, 2.45) is 0 Å². The monoisotopic (exact) mass is 254 g/mol. The second-order valence-corrected chi connectivity index (χ2v) is 3.97. The van der Waals surface area contributed by atoms with Gasteiger partial charge in [0.2, 0.25) is 0 Å². The summed E-state index contributed by atoms with van der Waals surface area (Å²) in [7, 11) is 1.53. The Kier molecular flexibility index (Phi) is 3.98. The van der Waals surface area contributed by atoms with Crippen molar-refractivity contribution >= 4 is 17.6 Å². The second kappa shape index (κ2) is 5.87. The number of aliphatic carboxylic acids is 1. The molecule has 0 saturated heterocycles. The predicted molar refractivity (Wildman–Crippen MR) is 74.9 cm³/mol. The summed E-state index contributed by atoms with van der Waals surface area (Å²) in [6.07, 6.45) is 1.64. The summed E-state index contributed by atoms with van der Waals surface area (Å²) in [4.78, 5) is 11.4. The summed E-state index contributed by atoms with van der Waals surface area (Å²) in [6.45, 7) is 0. The molecule has 0 aromatic heterocycles. The highest BCUT2D eigenvalue weighted by molar-refractivity contribution is 6.21. The molecule has 2 rings (SSSR count). The minimum absolute atomic E-state index is 0.212. The fourth-order valence-corrected chi connectivity index (χ4v) is 1.84. The summed E-state index contributed by atoms with van der Waals surface area (Å²) in [5.74, 6) is -0.430. The summed E-state index contributed by atoms with van der Waals surface area (Å²) < 4.78 is 5.21. The third-order valence-corrected chi connectivity index (χ3v) is 2.74. The van der Waals surface area contributed by atoms with Gasteiger partial charge in [-0.05, 0) is 17.7 Å². The Balaban J connectivity index is 2.52. The number of benzene rings is 2. The lowest BCUT2D eigenvalue weighted by molar-refractivity contribution is -0.130.